The number of piperidine rings is 1. The molecule has 1 N–H and O–H groups in total. The van der Waals surface area contributed by atoms with Crippen LogP contribution in [0.3, 0.4) is 0 Å². The van der Waals surface area contributed by atoms with Gasteiger partial charge in [-0.15, -0.1) is 0 Å². The van der Waals surface area contributed by atoms with Gasteiger partial charge in [-0.25, -0.2) is 14.4 Å². The number of carbonyl (C=O) groups is 5. The summed E-state index contributed by atoms with van der Waals surface area (Å²) >= 11 is -1.75. The van der Waals surface area contributed by atoms with E-state index < -0.39 is 52.3 Å². The van der Waals surface area contributed by atoms with Gasteiger partial charge in [0.05, 0.1) is 0 Å². The van der Waals surface area contributed by atoms with Crippen molar-refractivity contribution >= 4 is 41.1 Å². The Balaban J connectivity index is 1.26. The van der Waals surface area contributed by atoms with Crippen molar-refractivity contribution in [1.29, 1.82) is 0 Å². The molecule has 13 nitrogen and oxygen atoms in total. The molecule has 0 aliphatic carbocycles. The number of hydrogen-bond donors (Lipinski definition) is 1. The van der Waals surface area contributed by atoms with Crippen LogP contribution in [-0.4, -0.2) is 105 Å². The van der Waals surface area contributed by atoms with Crippen LogP contribution in [0.1, 0.15) is 57.3 Å². The average molecular weight is 759 g/mol. The van der Waals surface area contributed by atoms with E-state index in [1.807, 2.05) is 60.7 Å². The third-order valence-electron chi connectivity index (χ3n) is 9.69. The molecule has 6 rings (SSSR count). The quantitative estimate of drug-likeness (QED) is 0.0914. The van der Waals surface area contributed by atoms with Crippen molar-refractivity contribution in [3.05, 3.63) is 107 Å². The molecular formula is C40H46N4O9S. The summed E-state index contributed by atoms with van der Waals surface area (Å²) in [6.45, 7) is 10.8. The number of likely N-dealkylation sites (tertiary alicyclic amines) is 2. The van der Waals surface area contributed by atoms with Crippen LogP contribution >= 0.6 is 0 Å². The molecule has 4 heterocycles. The maximum Gasteiger partial charge on any atom is 0.410 e. The number of carbonyl (C=O) groups excluding carboxylic acids is 5. The zero-order chi connectivity index (χ0) is 38.6. The summed E-state index contributed by atoms with van der Waals surface area (Å²) in [4.78, 5) is 71.4. The van der Waals surface area contributed by atoms with Crippen molar-refractivity contribution in [1.82, 2.24) is 20.0 Å². The summed E-state index contributed by atoms with van der Waals surface area (Å²) in [6, 6.07) is 17.2. The van der Waals surface area contributed by atoms with Gasteiger partial charge < -0.3 is 33.9 Å². The third kappa shape index (κ3) is 8.65. The van der Waals surface area contributed by atoms with Crippen molar-refractivity contribution in [2.45, 2.75) is 63.2 Å². The Morgan fingerprint density at radius 1 is 1.00 bits per heavy atom. The molecule has 14 heteroatoms. The highest BCUT2D eigenvalue weighted by Crippen LogP contribution is 2.40. The maximum absolute atomic E-state index is 14.4. The van der Waals surface area contributed by atoms with Crippen LogP contribution in [0.15, 0.2) is 96.2 Å². The summed E-state index contributed by atoms with van der Waals surface area (Å²) < 4.78 is 30.5. The number of ether oxygens (including phenoxy) is 3. The minimum absolute atomic E-state index is 0.113. The standard InChI is InChI=1S/C40H46N4O9S/c1-5-22-51-39(49)42-19-16-26(17-20-42)24-43-21-18-29(34(43)45)23-30-25-54(50)36-31(41-38(48)53-40(2,3)4)35(46)44(36)32(30)37(47)52-33(27-12-8-6-9-13-27)28-14-10-7-11-15-28/h5-15,23,26,31,33,36H,1,16-22,24-25H2,2-4H3,(H,41,48)/b29-23+/t31-,36-,54?/m1/s1. The highest BCUT2D eigenvalue weighted by atomic mass is 32.2. The minimum atomic E-state index is -1.75. The number of fused-ring (bicyclic) bond motifs is 1. The molecule has 54 heavy (non-hydrogen) atoms. The lowest BCUT2D eigenvalue weighted by atomic mass is 9.96. The van der Waals surface area contributed by atoms with Crippen LogP contribution in [0.5, 0.6) is 0 Å². The highest BCUT2D eigenvalue weighted by Gasteiger charge is 2.61. The summed E-state index contributed by atoms with van der Waals surface area (Å²) in [7, 11) is 0. The summed E-state index contributed by atoms with van der Waals surface area (Å²) in [5.41, 5.74) is 1.13. The first-order valence-electron chi connectivity index (χ1n) is 18.1. The second kappa shape index (κ2) is 16.5. The first-order chi connectivity index (χ1) is 25.8. The monoisotopic (exact) mass is 758 g/mol. The molecule has 4 aliphatic rings. The first kappa shape index (κ1) is 38.6. The van der Waals surface area contributed by atoms with E-state index in [1.54, 1.807) is 36.6 Å². The average Bonchev–Trinajstić information content (AvgIpc) is 3.49. The predicted molar refractivity (Wildman–Crippen MR) is 200 cm³/mol. The molecule has 4 aliphatic heterocycles. The molecule has 3 atom stereocenters. The number of nitrogens with zero attached hydrogens (tertiary/aromatic N) is 3. The lowest BCUT2D eigenvalue weighted by Gasteiger charge is -2.49. The van der Waals surface area contributed by atoms with E-state index in [4.69, 9.17) is 14.2 Å². The van der Waals surface area contributed by atoms with E-state index >= 15 is 0 Å². The van der Waals surface area contributed by atoms with Crippen molar-refractivity contribution in [3.8, 4) is 0 Å². The van der Waals surface area contributed by atoms with Gasteiger partial charge in [-0.3, -0.25) is 14.5 Å². The second-order valence-corrected chi connectivity index (χ2v) is 16.2. The zero-order valence-electron chi connectivity index (χ0n) is 30.7. The van der Waals surface area contributed by atoms with Crippen molar-refractivity contribution in [3.63, 3.8) is 0 Å². The first-order valence-corrected chi connectivity index (χ1v) is 19.5. The van der Waals surface area contributed by atoms with Gasteiger partial charge in [-0.05, 0) is 74.3 Å². The maximum atomic E-state index is 14.4. The van der Waals surface area contributed by atoms with Crippen LogP contribution in [0.25, 0.3) is 0 Å². The van der Waals surface area contributed by atoms with Crippen LogP contribution in [0, 0.1) is 5.92 Å². The lowest BCUT2D eigenvalue weighted by molar-refractivity contribution is -0.154. The van der Waals surface area contributed by atoms with Gasteiger partial charge in [0.15, 0.2) is 12.1 Å². The molecule has 4 amide bonds. The van der Waals surface area contributed by atoms with Crippen molar-refractivity contribution < 1.29 is 42.7 Å². The Labute approximate surface area is 318 Å². The van der Waals surface area contributed by atoms with E-state index in [1.165, 1.54) is 6.08 Å². The number of alkyl carbamates (subject to hydrolysis) is 1. The van der Waals surface area contributed by atoms with Gasteiger partial charge in [0.2, 0.25) is 11.3 Å². The molecule has 0 aromatic heterocycles. The Kier molecular flexibility index (Phi) is 11.8. The predicted octanol–water partition coefficient (Wildman–Crippen LogP) is 4.59. The van der Waals surface area contributed by atoms with Crippen molar-refractivity contribution in [2.24, 2.45) is 5.92 Å². The van der Waals surface area contributed by atoms with Crippen LogP contribution in [0.2, 0.25) is 0 Å². The molecule has 1 unspecified atom stereocenters. The number of hydrogen-bond acceptors (Lipinski definition) is 9. The molecule has 0 radical (unpaired) electrons. The van der Waals surface area contributed by atoms with E-state index in [0.29, 0.717) is 62.1 Å². The molecule has 2 aromatic carbocycles. The summed E-state index contributed by atoms with van der Waals surface area (Å²) in [5.74, 6) is -1.64. The number of amides is 4. The Hall–Kier alpha value is -5.08. The number of benzene rings is 2. The fraction of sp³-hybridized carbons (Fsp3) is 0.425. The number of β-lactam (4-membered cyclic amide) rings is 1. The van der Waals surface area contributed by atoms with E-state index in [9.17, 15) is 28.5 Å². The normalized spacial score (nSPS) is 22.6. The molecular weight excluding hydrogens is 713 g/mol. The second-order valence-electron chi connectivity index (χ2n) is 14.7. The van der Waals surface area contributed by atoms with Crippen molar-refractivity contribution in [2.75, 3.05) is 38.5 Å². The fourth-order valence-corrected chi connectivity index (χ4v) is 8.73. The molecule has 0 bridgehead atoms. The van der Waals surface area contributed by atoms with Gasteiger partial charge >= 0.3 is 18.2 Å². The van der Waals surface area contributed by atoms with E-state index in [-0.39, 0.29) is 41.5 Å². The van der Waals surface area contributed by atoms with E-state index in [0.717, 1.165) is 4.90 Å². The van der Waals surface area contributed by atoms with Gasteiger partial charge in [-0.2, -0.15) is 0 Å². The largest absolute Gasteiger partial charge is 0.614 e. The molecule has 2 aromatic rings. The smallest absolute Gasteiger partial charge is 0.410 e. The number of allylic oxidation sites excluding steroid dienone is 1. The van der Waals surface area contributed by atoms with E-state index in [2.05, 4.69) is 11.9 Å². The number of esters is 1. The summed E-state index contributed by atoms with van der Waals surface area (Å²) in [6.07, 6.45) is 2.86. The highest BCUT2D eigenvalue weighted by molar-refractivity contribution is 7.92. The molecule has 3 fully saturated rings. The Bertz CT molecular complexity index is 1780. The molecule has 0 saturated carbocycles. The van der Waals surface area contributed by atoms with Gasteiger partial charge in [-0.1, -0.05) is 73.3 Å². The van der Waals surface area contributed by atoms with Crippen LogP contribution in [-0.2, 0) is 39.8 Å². The third-order valence-corrected chi connectivity index (χ3v) is 11.3. The SMILES string of the molecule is C=CCOC(=O)N1CCC(CN2CC/C(=C\C3=C(C(=O)OC(c4ccccc4)c4ccccc4)N4C(=O)[C@@H](NC(=O)OC(C)(C)C)[C@H]4[S+]([O-])C3)C2=O)CC1. The Morgan fingerprint density at radius 3 is 2.22 bits per heavy atom. The zero-order valence-corrected chi connectivity index (χ0v) is 31.5. The Morgan fingerprint density at radius 2 is 1.63 bits per heavy atom. The number of nitrogens with one attached hydrogen (secondary N) is 1. The van der Waals surface area contributed by atoms with Gasteiger partial charge in [0.1, 0.15) is 23.7 Å². The lowest BCUT2D eigenvalue weighted by Crippen LogP contribution is -2.75. The fourth-order valence-electron chi connectivity index (χ4n) is 7.10. The molecule has 0 spiro atoms. The number of rotatable bonds is 10. The minimum Gasteiger partial charge on any atom is -0.614 e. The van der Waals surface area contributed by atoms with Crippen LogP contribution < -0.4 is 5.32 Å². The summed E-state index contributed by atoms with van der Waals surface area (Å²) in [5, 5.41) is 1.49. The van der Waals surface area contributed by atoms with Crippen LogP contribution in [0.4, 0.5) is 9.59 Å². The molecule has 3 saturated heterocycles. The molecule has 286 valence electrons. The topological polar surface area (TPSA) is 158 Å². The van der Waals surface area contributed by atoms with Gasteiger partial charge in [0, 0.05) is 37.3 Å². The van der Waals surface area contributed by atoms with Gasteiger partial charge in [0.25, 0.3) is 5.91 Å².